The molecule has 128 valence electrons. The number of likely N-dealkylation sites (tertiary alicyclic amines) is 1. The van der Waals surface area contributed by atoms with Crippen LogP contribution in [-0.2, 0) is 26.6 Å². The Hall–Kier alpha value is -2.40. The minimum atomic E-state index is 0.723. The van der Waals surface area contributed by atoms with Crippen LogP contribution in [0.15, 0.2) is 48.9 Å². The Morgan fingerprint density at radius 2 is 1.88 bits per heavy atom. The van der Waals surface area contributed by atoms with Crippen LogP contribution in [-0.4, -0.2) is 37.3 Å². The third-order valence-electron chi connectivity index (χ3n) is 5.69. The van der Waals surface area contributed by atoms with E-state index in [1.165, 1.54) is 35.7 Å². The van der Waals surface area contributed by atoms with Gasteiger partial charge in [0.05, 0.1) is 18.1 Å². The summed E-state index contributed by atoms with van der Waals surface area (Å²) in [5.41, 5.74) is 3.84. The van der Waals surface area contributed by atoms with Gasteiger partial charge in [-0.3, -0.25) is 9.58 Å². The van der Waals surface area contributed by atoms with E-state index in [2.05, 4.69) is 57.3 Å². The fourth-order valence-corrected chi connectivity index (χ4v) is 4.50. The van der Waals surface area contributed by atoms with Crippen molar-refractivity contribution in [1.82, 2.24) is 24.2 Å². The Morgan fingerprint density at radius 3 is 2.68 bits per heavy atom. The molecule has 0 N–H and O–H groups in total. The van der Waals surface area contributed by atoms with E-state index < -0.39 is 0 Å². The Kier molecular flexibility index (Phi) is 3.48. The molecule has 0 aliphatic carbocycles. The molecule has 4 heterocycles. The first-order valence-electron chi connectivity index (χ1n) is 9.06. The molecule has 0 amide bonds. The van der Waals surface area contributed by atoms with E-state index in [1.54, 1.807) is 0 Å². The van der Waals surface area contributed by atoms with Crippen molar-refractivity contribution >= 4 is 0 Å². The van der Waals surface area contributed by atoms with Crippen molar-refractivity contribution < 1.29 is 0 Å². The first kappa shape index (κ1) is 14.9. The molecular weight excluding hydrogens is 310 g/mol. The first-order chi connectivity index (χ1) is 12.3. The zero-order valence-electron chi connectivity index (χ0n) is 14.5. The molecule has 1 aromatic carbocycles. The van der Waals surface area contributed by atoms with E-state index in [4.69, 9.17) is 4.98 Å². The highest BCUT2D eigenvalue weighted by Crippen LogP contribution is 2.35. The van der Waals surface area contributed by atoms with Crippen LogP contribution in [0.5, 0.6) is 0 Å². The minimum absolute atomic E-state index is 0.723. The Balaban J connectivity index is 1.35. The van der Waals surface area contributed by atoms with Crippen LogP contribution in [0, 0.1) is 11.8 Å². The number of hydrogen-bond donors (Lipinski definition) is 0. The lowest BCUT2D eigenvalue weighted by Gasteiger charge is -2.27. The molecule has 5 heteroatoms. The monoisotopic (exact) mass is 333 g/mol. The fraction of sp³-hybridized carbons (Fsp3) is 0.400. The van der Waals surface area contributed by atoms with Gasteiger partial charge in [-0.1, -0.05) is 30.3 Å². The number of aryl methyl sites for hydroxylation is 1. The molecule has 3 aromatic rings. The Bertz CT molecular complexity index is 879. The molecule has 5 rings (SSSR count). The number of aromatic nitrogens is 4. The Labute approximate surface area is 147 Å². The fourth-order valence-electron chi connectivity index (χ4n) is 4.50. The van der Waals surface area contributed by atoms with E-state index in [0.29, 0.717) is 0 Å². The third kappa shape index (κ3) is 2.68. The number of fused-ring (bicyclic) bond motifs is 2. The molecule has 0 spiro atoms. The van der Waals surface area contributed by atoms with Crippen LogP contribution in [0.4, 0.5) is 0 Å². The van der Waals surface area contributed by atoms with Gasteiger partial charge >= 0.3 is 0 Å². The molecule has 1 fully saturated rings. The standard InChI is InChI=1S/C20H23N5/c1-23-10-15(8-22-23)11-24-12-17-7-20-21-9-19(16-5-3-2-4-6-16)25(20)14-18(17)13-24/h2-6,8-10,17-18H,7,11-14H2,1H3/t17-,18+/m1/s1. The lowest BCUT2D eigenvalue weighted by atomic mass is 9.89. The van der Waals surface area contributed by atoms with Crippen molar-refractivity contribution in [1.29, 1.82) is 0 Å². The molecule has 2 aromatic heterocycles. The molecule has 0 bridgehead atoms. The summed E-state index contributed by atoms with van der Waals surface area (Å²) in [5.74, 6) is 2.71. The second kappa shape index (κ2) is 5.85. The predicted octanol–water partition coefficient (Wildman–Crippen LogP) is 2.59. The van der Waals surface area contributed by atoms with Crippen LogP contribution in [0.3, 0.4) is 0 Å². The molecule has 2 aliphatic heterocycles. The molecular formula is C20H23N5. The molecule has 2 aliphatic rings. The third-order valence-corrected chi connectivity index (χ3v) is 5.69. The maximum Gasteiger partial charge on any atom is 0.109 e. The average Bonchev–Trinajstić information content (AvgIpc) is 3.31. The van der Waals surface area contributed by atoms with Gasteiger partial charge in [0.1, 0.15) is 5.82 Å². The number of imidazole rings is 1. The zero-order valence-corrected chi connectivity index (χ0v) is 14.5. The second-order valence-electron chi connectivity index (χ2n) is 7.48. The first-order valence-corrected chi connectivity index (χ1v) is 9.06. The zero-order chi connectivity index (χ0) is 16.8. The van der Waals surface area contributed by atoms with Crippen LogP contribution in [0.2, 0.25) is 0 Å². The van der Waals surface area contributed by atoms with Crippen molar-refractivity contribution in [3.63, 3.8) is 0 Å². The maximum atomic E-state index is 4.74. The molecule has 0 unspecified atom stereocenters. The lowest BCUT2D eigenvalue weighted by Crippen LogP contribution is -2.28. The Morgan fingerprint density at radius 1 is 1.04 bits per heavy atom. The van der Waals surface area contributed by atoms with Gasteiger partial charge in [0.2, 0.25) is 0 Å². The highest BCUT2D eigenvalue weighted by Gasteiger charge is 2.37. The summed E-state index contributed by atoms with van der Waals surface area (Å²) in [6, 6.07) is 10.6. The summed E-state index contributed by atoms with van der Waals surface area (Å²) in [6.45, 7) is 4.45. The van der Waals surface area contributed by atoms with E-state index in [-0.39, 0.29) is 0 Å². The highest BCUT2D eigenvalue weighted by molar-refractivity contribution is 5.59. The van der Waals surface area contributed by atoms with Gasteiger partial charge in [-0.2, -0.15) is 5.10 Å². The quantitative estimate of drug-likeness (QED) is 0.739. The molecule has 5 nitrogen and oxygen atoms in total. The van der Waals surface area contributed by atoms with E-state index in [0.717, 1.165) is 31.3 Å². The van der Waals surface area contributed by atoms with Gasteiger partial charge in [-0.15, -0.1) is 0 Å². The normalized spacial score (nSPS) is 22.8. The highest BCUT2D eigenvalue weighted by atomic mass is 15.2. The number of benzene rings is 1. The topological polar surface area (TPSA) is 38.9 Å². The molecule has 1 saturated heterocycles. The smallest absolute Gasteiger partial charge is 0.109 e. The number of rotatable bonds is 3. The summed E-state index contributed by atoms with van der Waals surface area (Å²) >= 11 is 0. The largest absolute Gasteiger partial charge is 0.328 e. The number of nitrogens with zero attached hydrogens (tertiary/aromatic N) is 5. The SMILES string of the molecule is Cn1cc(CN2C[C@H]3Cc4ncc(-c5ccccc5)n4C[C@@H]3C2)cn1. The van der Waals surface area contributed by atoms with Crippen molar-refractivity contribution in [2.45, 2.75) is 19.5 Å². The van der Waals surface area contributed by atoms with Crippen LogP contribution in [0.1, 0.15) is 11.4 Å². The van der Waals surface area contributed by atoms with E-state index >= 15 is 0 Å². The maximum absolute atomic E-state index is 4.74. The van der Waals surface area contributed by atoms with Crippen molar-refractivity contribution in [3.05, 3.63) is 60.3 Å². The molecule has 2 atom stereocenters. The van der Waals surface area contributed by atoms with Gasteiger partial charge in [-0.05, 0) is 17.4 Å². The van der Waals surface area contributed by atoms with Crippen molar-refractivity contribution in [3.8, 4) is 11.3 Å². The summed E-state index contributed by atoms with van der Waals surface area (Å²) < 4.78 is 4.34. The molecule has 0 radical (unpaired) electrons. The summed E-state index contributed by atoms with van der Waals surface area (Å²) in [7, 11) is 1.98. The predicted molar refractivity (Wildman–Crippen MR) is 96.8 cm³/mol. The van der Waals surface area contributed by atoms with Gasteiger partial charge in [0.15, 0.2) is 0 Å². The van der Waals surface area contributed by atoms with Gasteiger partial charge in [0.25, 0.3) is 0 Å². The summed E-state index contributed by atoms with van der Waals surface area (Å²) in [5, 5.41) is 4.29. The number of hydrogen-bond acceptors (Lipinski definition) is 3. The van der Waals surface area contributed by atoms with E-state index in [1.807, 2.05) is 17.9 Å². The van der Waals surface area contributed by atoms with Gasteiger partial charge in [-0.25, -0.2) is 4.98 Å². The van der Waals surface area contributed by atoms with Crippen LogP contribution >= 0.6 is 0 Å². The summed E-state index contributed by atoms with van der Waals surface area (Å²) in [6.07, 6.45) is 7.27. The van der Waals surface area contributed by atoms with Crippen LogP contribution < -0.4 is 0 Å². The lowest BCUT2D eigenvalue weighted by molar-refractivity contribution is 0.307. The molecule has 25 heavy (non-hydrogen) atoms. The second-order valence-corrected chi connectivity index (χ2v) is 7.48. The van der Waals surface area contributed by atoms with Crippen molar-refractivity contribution in [2.75, 3.05) is 13.1 Å². The van der Waals surface area contributed by atoms with E-state index in [9.17, 15) is 0 Å². The molecule has 0 saturated carbocycles. The minimum Gasteiger partial charge on any atom is -0.328 e. The van der Waals surface area contributed by atoms with Gasteiger partial charge < -0.3 is 4.57 Å². The average molecular weight is 333 g/mol. The van der Waals surface area contributed by atoms with Gasteiger partial charge in [0, 0.05) is 51.4 Å². The summed E-state index contributed by atoms with van der Waals surface area (Å²) in [4.78, 5) is 7.32. The van der Waals surface area contributed by atoms with Crippen LogP contribution in [0.25, 0.3) is 11.3 Å². The van der Waals surface area contributed by atoms with Crippen molar-refractivity contribution in [2.24, 2.45) is 18.9 Å².